The summed E-state index contributed by atoms with van der Waals surface area (Å²) in [6.07, 6.45) is 5.79. The Bertz CT molecular complexity index is 514. The predicted octanol–water partition coefficient (Wildman–Crippen LogP) is 2.00. The Hall–Kier alpha value is -1.82. The van der Waals surface area contributed by atoms with Crippen LogP contribution in [0.15, 0.2) is 18.3 Å². The van der Waals surface area contributed by atoms with E-state index in [9.17, 15) is 4.79 Å². The number of rotatable bonds is 3. The summed E-state index contributed by atoms with van der Waals surface area (Å²) in [7, 11) is 0. The first-order valence-corrected chi connectivity index (χ1v) is 8.56. The number of carbonyl (C=O) groups excluding carboxylic acids is 1. The van der Waals surface area contributed by atoms with Gasteiger partial charge in [0, 0.05) is 38.9 Å². The van der Waals surface area contributed by atoms with Gasteiger partial charge in [-0.05, 0) is 37.8 Å². The van der Waals surface area contributed by atoms with Crippen molar-refractivity contribution in [3.63, 3.8) is 0 Å². The van der Waals surface area contributed by atoms with Crippen LogP contribution in [0.1, 0.15) is 31.7 Å². The van der Waals surface area contributed by atoms with Crippen LogP contribution < -0.4 is 10.2 Å². The van der Waals surface area contributed by atoms with E-state index in [4.69, 9.17) is 4.74 Å². The molecule has 1 unspecified atom stereocenters. The highest BCUT2D eigenvalue weighted by molar-refractivity contribution is 5.74. The van der Waals surface area contributed by atoms with E-state index in [-0.39, 0.29) is 12.1 Å². The maximum Gasteiger partial charge on any atom is 0.317 e. The maximum absolute atomic E-state index is 12.2. The molecule has 126 valence electrons. The Balaban J connectivity index is 1.49. The van der Waals surface area contributed by atoms with E-state index in [0.717, 1.165) is 24.5 Å². The minimum Gasteiger partial charge on any atom is -0.375 e. The molecule has 2 aliphatic rings. The van der Waals surface area contributed by atoms with Crippen LogP contribution in [-0.2, 0) is 11.3 Å². The van der Waals surface area contributed by atoms with Gasteiger partial charge in [0.25, 0.3) is 0 Å². The molecule has 0 saturated carbocycles. The second kappa shape index (κ2) is 7.64. The summed E-state index contributed by atoms with van der Waals surface area (Å²) in [6, 6.07) is 4.09. The molecule has 3 heterocycles. The SMILES string of the molecule is CC1CN(C(=O)NCc2ccc(N3CCCCC3)nc2)CCO1. The first kappa shape index (κ1) is 16.1. The van der Waals surface area contributed by atoms with Crippen molar-refractivity contribution in [2.75, 3.05) is 37.7 Å². The number of nitrogens with one attached hydrogen (secondary N) is 1. The van der Waals surface area contributed by atoms with Crippen LogP contribution in [0.4, 0.5) is 10.6 Å². The van der Waals surface area contributed by atoms with Gasteiger partial charge in [-0.2, -0.15) is 0 Å². The fraction of sp³-hybridized carbons (Fsp3) is 0.647. The molecular weight excluding hydrogens is 292 g/mol. The van der Waals surface area contributed by atoms with E-state index in [1.165, 1.54) is 19.3 Å². The quantitative estimate of drug-likeness (QED) is 0.926. The number of amides is 2. The molecule has 0 radical (unpaired) electrons. The van der Waals surface area contributed by atoms with Crippen molar-refractivity contribution in [2.45, 2.75) is 38.8 Å². The van der Waals surface area contributed by atoms with E-state index in [0.29, 0.717) is 26.2 Å². The smallest absolute Gasteiger partial charge is 0.317 e. The third-order valence-electron chi connectivity index (χ3n) is 4.46. The minimum absolute atomic E-state index is 0.0275. The minimum atomic E-state index is -0.0275. The molecule has 2 aliphatic heterocycles. The third-order valence-corrected chi connectivity index (χ3v) is 4.46. The highest BCUT2D eigenvalue weighted by Crippen LogP contribution is 2.17. The topological polar surface area (TPSA) is 57.7 Å². The second-order valence-electron chi connectivity index (χ2n) is 6.36. The number of aromatic nitrogens is 1. The number of hydrogen-bond donors (Lipinski definition) is 1. The molecule has 0 aliphatic carbocycles. The lowest BCUT2D eigenvalue weighted by Crippen LogP contribution is -2.48. The lowest BCUT2D eigenvalue weighted by molar-refractivity contribution is -0.00351. The molecule has 2 amide bonds. The van der Waals surface area contributed by atoms with Gasteiger partial charge < -0.3 is 19.9 Å². The molecule has 6 nitrogen and oxygen atoms in total. The van der Waals surface area contributed by atoms with Gasteiger partial charge in [-0.3, -0.25) is 0 Å². The van der Waals surface area contributed by atoms with E-state index < -0.39 is 0 Å². The fourth-order valence-corrected chi connectivity index (χ4v) is 3.12. The Labute approximate surface area is 137 Å². The largest absolute Gasteiger partial charge is 0.375 e. The number of urea groups is 1. The van der Waals surface area contributed by atoms with Crippen molar-refractivity contribution in [3.8, 4) is 0 Å². The van der Waals surface area contributed by atoms with Crippen LogP contribution in [0, 0.1) is 0 Å². The van der Waals surface area contributed by atoms with Gasteiger partial charge >= 0.3 is 6.03 Å². The van der Waals surface area contributed by atoms with Crippen molar-refractivity contribution in [2.24, 2.45) is 0 Å². The normalized spacial score (nSPS) is 22.0. The zero-order valence-electron chi connectivity index (χ0n) is 13.8. The molecule has 1 atom stereocenters. The standard InChI is InChI=1S/C17H26N4O2/c1-14-13-21(9-10-23-14)17(22)19-12-15-5-6-16(18-11-15)20-7-3-2-4-8-20/h5-6,11,14H,2-4,7-10,12-13H2,1H3,(H,19,22). The van der Waals surface area contributed by atoms with Gasteiger partial charge in [-0.15, -0.1) is 0 Å². The summed E-state index contributed by atoms with van der Waals surface area (Å²) < 4.78 is 5.46. The van der Waals surface area contributed by atoms with Crippen LogP contribution in [0.3, 0.4) is 0 Å². The van der Waals surface area contributed by atoms with Gasteiger partial charge in [0.15, 0.2) is 0 Å². The molecule has 1 N–H and O–H groups in total. The van der Waals surface area contributed by atoms with Crippen molar-refractivity contribution < 1.29 is 9.53 Å². The van der Waals surface area contributed by atoms with Gasteiger partial charge in [0.05, 0.1) is 12.7 Å². The molecule has 1 aromatic heterocycles. The van der Waals surface area contributed by atoms with E-state index in [1.54, 1.807) is 0 Å². The number of pyridine rings is 1. The summed E-state index contributed by atoms with van der Waals surface area (Å²) in [5.41, 5.74) is 1.03. The number of piperidine rings is 1. The summed E-state index contributed by atoms with van der Waals surface area (Å²) in [6.45, 7) is 6.61. The molecule has 23 heavy (non-hydrogen) atoms. The van der Waals surface area contributed by atoms with Crippen LogP contribution in [0.2, 0.25) is 0 Å². The molecule has 2 fully saturated rings. The number of anilines is 1. The van der Waals surface area contributed by atoms with E-state index in [1.807, 2.05) is 18.0 Å². The highest BCUT2D eigenvalue weighted by Gasteiger charge is 2.21. The monoisotopic (exact) mass is 318 g/mol. The first-order chi connectivity index (χ1) is 11.2. The molecule has 6 heteroatoms. The van der Waals surface area contributed by atoms with Gasteiger partial charge in [-0.25, -0.2) is 9.78 Å². The molecule has 3 rings (SSSR count). The molecule has 2 saturated heterocycles. The summed E-state index contributed by atoms with van der Waals surface area (Å²) in [5, 5.41) is 2.97. The summed E-state index contributed by atoms with van der Waals surface area (Å²) >= 11 is 0. The van der Waals surface area contributed by atoms with Gasteiger partial charge in [0.1, 0.15) is 5.82 Å². The highest BCUT2D eigenvalue weighted by atomic mass is 16.5. The Morgan fingerprint density at radius 3 is 2.83 bits per heavy atom. The van der Waals surface area contributed by atoms with E-state index in [2.05, 4.69) is 27.3 Å². The van der Waals surface area contributed by atoms with Crippen LogP contribution in [-0.4, -0.2) is 54.8 Å². The Kier molecular flexibility index (Phi) is 5.33. The van der Waals surface area contributed by atoms with Crippen LogP contribution in [0.25, 0.3) is 0 Å². The van der Waals surface area contributed by atoms with Crippen LogP contribution >= 0.6 is 0 Å². The number of carbonyl (C=O) groups is 1. The zero-order chi connectivity index (χ0) is 16.1. The maximum atomic E-state index is 12.2. The second-order valence-corrected chi connectivity index (χ2v) is 6.36. The van der Waals surface area contributed by atoms with Gasteiger partial charge in [0.2, 0.25) is 0 Å². The van der Waals surface area contributed by atoms with Crippen LogP contribution in [0.5, 0.6) is 0 Å². The predicted molar refractivity (Wildman–Crippen MR) is 89.5 cm³/mol. The number of hydrogen-bond acceptors (Lipinski definition) is 4. The fourth-order valence-electron chi connectivity index (χ4n) is 3.12. The van der Waals surface area contributed by atoms with E-state index >= 15 is 0 Å². The molecule has 0 bridgehead atoms. The van der Waals surface area contributed by atoms with Crippen molar-refractivity contribution in [1.29, 1.82) is 0 Å². The molecule has 1 aromatic rings. The van der Waals surface area contributed by atoms with Crippen molar-refractivity contribution in [3.05, 3.63) is 23.9 Å². The average molecular weight is 318 g/mol. The summed E-state index contributed by atoms with van der Waals surface area (Å²) in [4.78, 5) is 20.9. The number of ether oxygens (including phenoxy) is 1. The molecule has 0 aromatic carbocycles. The third kappa shape index (κ3) is 4.34. The molecular formula is C17H26N4O2. The van der Waals surface area contributed by atoms with Crippen molar-refractivity contribution in [1.82, 2.24) is 15.2 Å². The number of nitrogens with zero attached hydrogens (tertiary/aromatic N) is 3. The average Bonchev–Trinajstić information content (AvgIpc) is 2.61. The summed E-state index contributed by atoms with van der Waals surface area (Å²) in [5.74, 6) is 1.04. The zero-order valence-corrected chi connectivity index (χ0v) is 13.8. The molecule has 0 spiro atoms. The van der Waals surface area contributed by atoms with Gasteiger partial charge in [-0.1, -0.05) is 6.07 Å². The van der Waals surface area contributed by atoms with Crippen molar-refractivity contribution >= 4 is 11.8 Å². The lowest BCUT2D eigenvalue weighted by Gasteiger charge is -2.31. The first-order valence-electron chi connectivity index (χ1n) is 8.56. The lowest BCUT2D eigenvalue weighted by atomic mass is 10.1. The number of morpholine rings is 1. The Morgan fingerprint density at radius 2 is 2.13 bits per heavy atom. The Morgan fingerprint density at radius 1 is 1.30 bits per heavy atom.